The topological polar surface area (TPSA) is 25.8 Å². The van der Waals surface area contributed by atoms with E-state index >= 15 is 0 Å². The smallest absolute Gasteiger partial charge is 0.146 e. The summed E-state index contributed by atoms with van der Waals surface area (Å²) in [7, 11) is 0. The molecule has 1 aromatic heterocycles. The number of hydrogen-bond acceptors (Lipinski definition) is 2. The Morgan fingerprint density at radius 1 is 1.11 bits per heavy atom. The molecule has 1 aliphatic carbocycles. The second kappa shape index (κ2) is 5.84. The van der Waals surface area contributed by atoms with Crippen molar-refractivity contribution >= 4 is 34.2 Å². The highest BCUT2D eigenvalue weighted by Gasteiger charge is 2.27. The van der Waals surface area contributed by atoms with Crippen LogP contribution in [0.15, 0.2) is 0 Å². The minimum atomic E-state index is 0.0137. The number of hydrogen-bond donors (Lipinski definition) is 0. The van der Waals surface area contributed by atoms with Gasteiger partial charge in [0, 0.05) is 11.3 Å². The fourth-order valence-corrected chi connectivity index (χ4v) is 3.86. The summed E-state index contributed by atoms with van der Waals surface area (Å²) in [6.07, 6.45) is 4.95. The first-order valence-electron chi connectivity index (χ1n) is 7.02. The average Bonchev–Trinajstić information content (AvgIpc) is 2.32. The lowest BCUT2D eigenvalue weighted by Crippen LogP contribution is -2.21. The molecule has 0 amide bonds. The zero-order valence-corrected chi connectivity index (χ0v) is 15.0. The molecule has 0 atom stereocenters. The highest BCUT2D eigenvalue weighted by molar-refractivity contribution is 14.1. The van der Waals surface area contributed by atoms with Crippen molar-refractivity contribution in [2.24, 2.45) is 5.92 Å². The van der Waals surface area contributed by atoms with Gasteiger partial charge in [-0.1, -0.05) is 52.1 Å². The number of nitrogens with zero attached hydrogens (tertiary/aromatic N) is 2. The molecule has 1 aromatic rings. The van der Waals surface area contributed by atoms with E-state index in [1.165, 1.54) is 25.7 Å². The van der Waals surface area contributed by atoms with Gasteiger partial charge in [0.15, 0.2) is 0 Å². The van der Waals surface area contributed by atoms with Gasteiger partial charge in [0.2, 0.25) is 0 Å². The molecule has 1 fully saturated rings. The first kappa shape index (κ1) is 15.5. The summed E-state index contributed by atoms with van der Waals surface area (Å²) in [5.41, 5.74) is 1.10. The van der Waals surface area contributed by atoms with Crippen LogP contribution in [0, 0.1) is 9.49 Å². The van der Waals surface area contributed by atoms with Crippen LogP contribution in [0.1, 0.15) is 70.8 Å². The van der Waals surface area contributed by atoms with Crippen LogP contribution in [-0.2, 0) is 5.41 Å². The van der Waals surface area contributed by atoms with E-state index in [9.17, 15) is 0 Å². The van der Waals surface area contributed by atoms with Gasteiger partial charge >= 0.3 is 0 Å². The third kappa shape index (κ3) is 3.60. The molecular weight excluding hydrogens is 371 g/mol. The fraction of sp³-hybridized carbons (Fsp3) is 0.733. The zero-order chi connectivity index (χ0) is 14.2. The van der Waals surface area contributed by atoms with Crippen LogP contribution in [0.3, 0.4) is 0 Å². The van der Waals surface area contributed by atoms with Crippen molar-refractivity contribution in [1.29, 1.82) is 0 Å². The summed E-state index contributed by atoms with van der Waals surface area (Å²) in [6, 6.07) is 0. The van der Waals surface area contributed by atoms with Gasteiger partial charge in [-0.3, -0.25) is 0 Å². The van der Waals surface area contributed by atoms with Crippen LogP contribution in [0.25, 0.3) is 0 Å². The maximum atomic E-state index is 6.31. The Morgan fingerprint density at radius 2 is 1.68 bits per heavy atom. The predicted molar refractivity (Wildman–Crippen MR) is 88.8 cm³/mol. The van der Waals surface area contributed by atoms with Crippen molar-refractivity contribution < 1.29 is 0 Å². The Kier molecular flexibility index (Phi) is 4.76. The zero-order valence-electron chi connectivity index (χ0n) is 12.1. The van der Waals surface area contributed by atoms with E-state index in [-0.39, 0.29) is 5.41 Å². The highest BCUT2D eigenvalue weighted by atomic mass is 127. The minimum absolute atomic E-state index is 0.0137. The average molecular weight is 393 g/mol. The molecule has 0 bridgehead atoms. The predicted octanol–water partition coefficient (Wildman–Crippen LogP) is 5.33. The molecule has 2 nitrogen and oxygen atoms in total. The van der Waals surface area contributed by atoms with Crippen LogP contribution >= 0.6 is 34.2 Å². The van der Waals surface area contributed by atoms with Gasteiger partial charge in [0.05, 0.1) is 9.26 Å². The summed E-state index contributed by atoms with van der Waals surface area (Å²) in [6.45, 7) is 8.88. The van der Waals surface area contributed by atoms with Crippen molar-refractivity contribution in [3.63, 3.8) is 0 Å². The Hall–Kier alpha value is 0.1000. The normalized spacial score (nSPS) is 24.5. The fourth-order valence-electron chi connectivity index (χ4n) is 2.63. The van der Waals surface area contributed by atoms with Crippen LogP contribution in [0.2, 0.25) is 5.15 Å². The lowest BCUT2D eigenvalue weighted by molar-refractivity contribution is 0.338. The Labute approximate surface area is 134 Å². The quantitative estimate of drug-likeness (QED) is 0.477. The van der Waals surface area contributed by atoms with E-state index in [2.05, 4.69) is 55.3 Å². The van der Waals surface area contributed by atoms with Crippen molar-refractivity contribution in [1.82, 2.24) is 9.97 Å². The number of halogens is 2. The first-order chi connectivity index (χ1) is 8.79. The molecule has 1 heterocycles. The van der Waals surface area contributed by atoms with Crippen molar-refractivity contribution in [2.45, 2.75) is 64.7 Å². The molecule has 1 aliphatic rings. The standard InChI is InChI=1S/C15H22ClIN2/c1-9-5-7-10(8-6-9)14-18-12(15(2,3)4)11(17)13(16)19-14/h9-10H,5-8H2,1-4H3. The Morgan fingerprint density at radius 3 is 2.21 bits per heavy atom. The minimum Gasteiger partial charge on any atom is -0.236 e. The number of aromatic nitrogens is 2. The third-order valence-corrected chi connectivity index (χ3v) is 5.53. The highest BCUT2D eigenvalue weighted by Crippen LogP contribution is 2.36. The molecule has 2 rings (SSSR count). The molecule has 19 heavy (non-hydrogen) atoms. The van der Waals surface area contributed by atoms with Gasteiger partial charge in [0.25, 0.3) is 0 Å². The summed E-state index contributed by atoms with van der Waals surface area (Å²) in [4.78, 5) is 9.39. The molecule has 0 aromatic carbocycles. The van der Waals surface area contributed by atoms with E-state index in [1.54, 1.807) is 0 Å². The Balaban J connectivity index is 2.34. The van der Waals surface area contributed by atoms with Crippen LogP contribution in [-0.4, -0.2) is 9.97 Å². The van der Waals surface area contributed by atoms with E-state index in [1.807, 2.05) is 0 Å². The van der Waals surface area contributed by atoms with Gasteiger partial charge in [-0.2, -0.15) is 0 Å². The maximum Gasteiger partial charge on any atom is 0.146 e. The largest absolute Gasteiger partial charge is 0.236 e. The van der Waals surface area contributed by atoms with Crippen LogP contribution < -0.4 is 0 Å². The molecule has 0 saturated heterocycles. The van der Waals surface area contributed by atoms with Crippen LogP contribution in [0.4, 0.5) is 0 Å². The monoisotopic (exact) mass is 392 g/mol. The van der Waals surface area contributed by atoms with E-state index in [0.29, 0.717) is 11.1 Å². The van der Waals surface area contributed by atoms with E-state index in [4.69, 9.17) is 16.6 Å². The van der Waals surface area contributed by atoms with Gasteiger partial charge in [-0.05, 0) is 41.4 Å². The molecule has 0 spiro atoms. The van der Waals surface area contributed by atoms with Gasteiger partial charge in [-0.25, -0.2) is 9.97 Å². The van der Waals surface area contributed by atoms with E-state index in [0.717, 1.165) is 21.0 Å². The summed E-state index contributed by atoms with van der Waals surface area (Å²) in [5, 5.41) is 0.620. The van der Waals surface area contributed by atoms with Crippen molar-refractivity contribution in [2.75, 3.05) is 0 Å². The summed E-state index contributed by atoms with van der Waals surface area (Å²) in [5.74, 6) is 2.30. The Bertz CT molecular complexity index is 460. The molecule has 1 saturated carbocycles. The third-order valence-electron chi connectivity index (χ3n) is 3.92. The van der Waals surface area contributed by atoms with Gasteiger partial charge < -0.3 is 0 Å². The van der Waals surface area contributed by atoms with Gasteiger partial charge in [-0.15, -0.1) is 0 Å². The molecule has 0 unspecified atom stereocenters. The molecule has 0 aliphatic heterocycles. The van der Waals surface area contributed by atoms with Crippen LogP contribution in [0.5, 0.6) is 0 Å². The molecule has 0 radical (unpaired) electrons. The lowest BCUT2D eigenvalue weighted by Gasteiger charge is -2.27. The first-order valence-corrected chi connectivity index (χ1v) is 8.48. The SMILES string of the molecule is CC1CCC(c2nc(Cl)c(I)c(C(C)(C)C)n2)CC1. The van der Waals surface area contributed by atoms with Crippen molar-refractivity contribution in [3.05, 3.63) is 20.2 Å². The van der Waals surface area contributed by atoms with Gasteiger partial charge in [0.1, 0.15) is 11.0 Å². The maximum absolute atomic E-state index is 6.31. The lowest BCUT2D eigenvalue weighted by atomic mass is 9.82. The molecular formula is C15H22ClIN2. The summed E-state index contributed by atoms with van der Waals surface area (Å²) >= 11 is 8.58. The second-order valence-electron chi connectivity index (χ2n) is 6.74. The summed E-state index contributed by atoms with van der Waals surface area (Å²) < 4.78 is 1.000. The molecule has 4 heteroatoms. The van der Waals surface area contributed by atoms with E-state index < -0.39 is 0 Å². The molecule has 106 valence electrons. The second-order valence-corrected chi connectivity index (χ2v) is 8.18. The number of rotatable bonds is 1. The molecule has 0 N–H and O–H groups in total. The van der Waals surface area contributed by atoms with Crippen molar-refractivity contribution in [3.8, 4) is 0 Å².